The van der Waals surface area contributed by atoms with Crippen LogP contribution >= 0.6 is 0 Å². The quantitative estimate of drug-likeness (QED) is 0.818. The number of nitrogens with zero attached hydrogens (tertiary/aromatic N) is 1. The molecule has 124 valence electrons. The summed E-state index contributed by atoms with van der Waals surface area (Å²) in [5.74, 6) is 0.563. The second kappa shape index (κ2) is 7.91. The highest BCUT2D eigenvalue weighted by Crippen LogP contribution is 2.35. The summed E-state index contributed by atoms with van der Waals surface area (Å²) in [5, 5.41) is 0. The van der Waals surface area contributed by atoms with Crippen molar-refractivity contribution in [3.63, 3.8) is 0 Å². The summed E-state index contributed by atoms with van der Waals surface area (Å²) in [6, 6.07) is 0. The summed E-state index contributed by atoms with van der Waals surface area (Å²) < 4.78 is 12.0. The largest absolute Gasteiger partial charge is 0.378 e. The van der Waals surface area contributed by atoms with Crippen LogP contribution in [-0.2, 0) is 9.47 Å². The predicted molar refractivity (Wildman–Crippen MR) is 86.4 cm³/mol. The number of hydrogen-bond acceptors (Lipinski definition) is 4. The molecule has 4 heteroatoms. The smallest absolute Gasteiger partial charge is 0.0702 e. The maximum Gasteiger partial charge on any atom is 0.0702 e. The minimum atomic E-state index is 0.126. The fourth-order valence-corrected chi connectivity index (χ4v) is 3.76. The van der Waals surface area contributed by atoms with Gasteiger partial charge in [0.15, 0.2) is 0 Å². The van der Waals surface area contributed by atoms with Gasteiger partial charge in [-0.2, -0.15) is 0 Å². The number of likely N-dealkylation sites (tertiary alicyclic amines) is 1. The summed E-state index contributed by atoms with van der Waals surface area (Å²) in [7, 11) is 0. The molecule has 0 spiro atoms. The van der Waals surface area contributed by atoms with Crippen molar-refractivity contribution in [2.24, 2.45) is 11.7 Å². The standard InChI is InChI=1S/C17H34N2O2/c1-4-9-20-15-6-5-8-19(12-15)17(13-18)7-10-21-16(11-17)14(2)3/h14-16H,4-13,18H2,1-3H3. The summed E-state index contributed by atoms with van der Waals surface area (Å²) in [6.45, 7) is 11.3. The van der Waals surface area contributed by atoms with Gasteiger partial charge >= 0.3 is 0 Å². The molecule has 0 bridgehead atoms. The van der Waals surface area contributed by atoms with Crippen LogP contribution in [0.25, 0.3) is 0 Å². The van der Waals surface area contributed by atoms with Crippen LogP contribution in [0.2, 0.25) is 0 Å². The van der Waals surface area contributed by atoms with Crippen LogP contribution in [0.5, 0.6) is 0 Å². The van der Waals surface area contributed by atoms with E-state index in [0.717, 1.165) is 52.1 Å². The fourth-order valence-electron chi connectivity index (χ4n) is 3.76. The Hall–Kier alpha value is -0.160. The van der Waals surface area contributed by atoms with Gasteiger partial charge in [0.2, 0.25) is 0 Å². The van der Waals surface area contributed by atoms with Gasteiger partial charge in [0, 0.05) is 31.8 Å². The number of ether oxygens (including phenoxy) is 2. The second-order valence-electron chi connectivity index (χ2n) is 7.12. The van der Waals surface area contributed by atoms with Gasteiger partial charge < -0.3 is 15.2 Å². The highest BCUT2D eigenvalue weighted by atomic mass is 16.5. The van der Waals surface area contributed by atoms with Crippen molar-refractivity contribution < 1.29 is 9.47 Å². The first-order valence-electron chi connectivity index (χ1n) is 8.79. The lowest BCUT2D eigenvalue weighted by Gasteiger charge is -2.51. The normalized spacial score (nSPS) is 35.3. The summed E-state index contributed by atoms with van der Waals surface area (Å²) in [4.78, 5) is 2.62. The van der Waals surface area contributed by atoms with Crippen LogP contribution in [0.4, 0.5) is 0 Å². The minimum absolute atomic E-state index is 0.126. The third-order valence-corrected chi connectivity index (χ3v) is 5.21. The third-order valence-electron chi connectivity index (χ3n) is 5.21. The van der Waals surface area contributed by atoms with Crippen LogP contribution in [0, 0.1) is 5.92 Å². The molecule has 2 saturated heterocycles. The average Bonchev–Trinajstić information content (AvgIpc) is 2.53. The Balaban J connectivity index is 2.01. The molecule has 0 saturated carbocycles. The first kappa shape index (κ1) is 17.2. The minimum Gasteiger partial charge on any atom is -0.378 e. The van der Waals surface area contributed by atoms with Gasteiger partial charge in [0.1, 0.15) is 0 Å². The number of piperidine rings is 1. The van der Waals surface area contributed by atoms with E-state index in [2.05, 4.69) is 25.7 Å². The lowest BCUT2D eigenvalue weighted by Crippen LogP contribution is -2.62. The van der Waals surface area contributed by atoms with Crippen LogP contribution in [0.1, 0.15) is 52.9 Å². The van der Waals surface area contributed by atoms with Gasteiger partial charge in [0.05, 0.1) is 12.2 Å². The SMILES string of the molecule is CCCOC1CCCN(C2(CN)CCOC(C(C)C)C2)C1. The molecule has 2 N–H and O–H groups in total. The molecule has 4 nitrogen and oxygen atoms in total. The van der Waals surface area contributed by atoms with E-state index < -0.39 is 0 Å². The van der Waals surface area contributed by atoms with E-state index in [9.17, 15) is 0 Å². The van der Waals surface area contributed by atoms with Crippen molar-refractivity contribution in [3.8, 4) is 0 Å². The molecule has 0 aromatic heterocycles. The molecular weight excluding hydrogens is 264 g/mol. The molecule has 0 amide bonds. The van der Waals surface area contributed by atoms with E-state index in [-0.39, 0.29) is 5.54 Å². The number of nitrogens with two attached hydrogens (primary N) is 1. The van der Waals surface area contributed by atoms with E-state index >= 15 is 0 Å². The van der Waals surface area contributed by atoms with Crippen molar-refractivity contribution in [1.82, 2.24) is 4.90 Å². The Morgan fingerprint density at radius 2 is 2.24 bits per heavy atom. The molecule has 3 atom stereocenters. The Morgan fingerprint density at radius 3 is 2.90 bits per heavy atom. The van der Waals surface area contributed by atoms with Crippen LogP contribution < -0.4 is 5.73 Å². The van der Waals surface area contributed by atoms with E-state index in [4.69, 9.17) is 15.2 Å². The lowest BCUT2D eigenvalue weighted by atomic mass is 9.80. The zero-order chi connectivity index (χ0) is 15.3. The zero-order valence-corrected chi connectivity index (χ0v) is 14.1. The summed E-state index contributed by atoms with van der Waals surface area (Å²) in [5.41, 5.74) is 6.37. The van der Waals surface area contributed by atoms with Gasteiger partial charge in [-0.3, -0.25) is 4.90 Å². The predicted octanol–water partition coefficient (Wildman–Crippen LogP) is 2.41. The van der Waals surface area contributed by atoms with Crippen LogP contribution in [0.15, 0.2) is 0 Å². The molecule has 21 heavy (non-hydrogen) atoms. The van der Waals surface area contributed by atoms with Crippen molar-refractivity contribution >= 4 is 0 Å². The molecule has 0 aromatic carbocycles. The van der Waals surface area contributed by atoms with Crippen molar-refractivity contribution in [3.05, 3.63) is 0 Å². The monoisotopic (exact) mass is 298 g/mol. The van der Waals surface area contributed by atoms with Crippen molar-refractivity contribution in [2.45, 2.75) is 70.6 Å². The Kier molecular flexibility index (Phi) is 6.48. The highest BCUT2D eigenvalue weighted by molar-refractivity contribution is 4.98. The molecule has 2 aliphatic rings. The van der Waals surface area contributed by atoms with Crippen LogP contribution in [-0.4, -0.2) is 55.5 Å². The van der Waals surface area contributed by atoms with Crippen LogP contribution in [0.3, 0.4) is 0 Å². The Bertz CT molecular complexity index is 311. The summed E-state index contributed by atoms with van der Waals surface area (Å²) in [6.07, 6.45) is 6.39. The molecule has 2 fully saturated rings. The van der Waals surface area contributed by atoms with Crippen molar-refractivity contribution in [2.75, 3.05) is 32.8 Å². The van der Waals surface area contributed by atoms with E-state index in [1.54, 1.807) is 0 Å². The van der Waals surface area contributed by atoms with E-state index in [1.165, 1.54) is 12.8 Å². The Labute approximate surface area is 130 Å². The van der Waals surface area contributed by atoms with E-state index in [0.29, 0.717) is 18.1 Å². The fraction of sp³-hybridized carbons (Fsp3) is 1.00. The molecule has 2 heterocycles. The lowest BCUT2D eigenvalue weighted by molar-refractivity contribution is -0.109. The molecule has 2 rings (SSSR count). The molecule has 0 aromatic rings. The maximum absolute atomic E-state index is 6.24. The number of hydrogen-bond donors (Lipinski definition) is 1. The number of rotatable bonds is 6. The van der Waals surface area contributed by atoms with Gasteiger partial charge in [-0.15, -0.1) is 0 Å². The highest BCUT2D eigenvalue weighted by Gasteiger charge is 2.43. The maximum atomic E-state index is 6.24. The Morgan fingerprint density at radius 1 is 1.43 bits per heavy atom. The molecule has 0 aliphatic carbocycles. The topological polar surface area (TPSA) is 47.7 Å². The molecular formula is C17H34N2O2. The van der Waals surface area contributed by atoms with E-state index in [1.807, 2.05) is 0 Å². The molecule has 3 unspecified atom stereocenters. The zero-order valence-electron chi connectivity index (χ0n) is 14.1. The molecule has 2 aliphatic heterocycles. The average molecular weight is 298 g/mol. The second-order valence-corrected chi connectivity index (χ2v) is 7.12. The molecule has 0 radical (unpaired) electrons. The van der Waals surface area contributed by atoms with Gasteiger partial charge in [0.25, 0.3) is 0 Å². The van der Waals surface area contributed by atoms with Gasteiger partial charge in [-0.1, -0.05) is 20.8 Å². The third kappa shape index (κ3) is 4.19. The van der Waals surface area contributed by atoms with Gasteiger partial charge in [-0.05, 0) is 44.6 Å². The first-order valence-corrected chi connectivity index (χ1v) is 8.79. The summed E-state index contributed by atoms with van der Waals surface area (Å²) >= 11 is 0. The van der Waals surface area contributed by atoms with Crippen molar-refractivity contribution in [1.29, 1.82) is 0 Å². The van der Waals surface area contributed by atoms with Gasteiger partial charge in [-0.25, -0.2) is 0 Å². The first-order chi connectivity index (χ1) is 10.1.